The highest BCUT2D eigenvalue weighted by Crippen LogP contribution is 2.19. The van der Waals surface area contributed by atoms with Crippen LogP contribution in [0.25, 0.3) is 11.4 Å². The average Bonchev–Trinajstić information content (AvgIpc) is 3.33. The molecule has 29 heavy (non-hydrogen) atoms. The Hall–Kier alpha value is -3.93. The highest BCUT2D eigenvalue weighted by Gasteiger charge is 2.17. The summed E-state index contributed by atoms with van der Waals surface area (Å²) < 4.78 is 5.90. The number of benzene rings is 3. The quantitative estimate of drug-likeness (QED) is 0.504. The summed E-state index contributed by atoms with van der Waals surface area (Å²) in [6.45, 7) is 0.321. The van der Waals surface area contributed by atoms with Crippen molar-refractivity contribution in [3.8, 4) is 17.1 Å². The highest BCUT2D eigenvalue weighted by molar-refractivity contribution is 5.95. The first-order chi connectivity index (χ1) is 14.3. The van der Waals surface area contributed by atoms with E-state index in [1.54, 1.807) is 12.1 Å². The minimum absolute atomic E-state index is 0.183. The average molecular weight is 384 g/mol. The number of aromatic nitrogens is 3. The molecule has 1 amide bonds. The topological polar surface area (TPSA) is 79.9 Å². The fourth-order valence-corrected chi connectivity index (χ4v) is 3.00. The second-order valence-corrected chi connectivity index (χ2v) is 6.48. The lowest BCUT2D eigenvalue weighted by Gasteiger charge is -2.20. The molecule has 0 fully saturated rings. The summed E-state index contributed by atoms with van der Waals surface area (Å²) in [7, 11) is 0. The van der Waals surface area contributed by atoms with Crippen LogP contribution in [0.1, 0.15) is 22.0 Å². The number of hydrogen-bond acceptors (Lipinski definition) is 4. The zero-order valence-corrected chi connectivity index (χ0v) is 15.7. The zero-order valence-electron chi connectivity index (χ0n) is 15.7. The van der Waals surface area contributed by atoms with Crippen LogP contribution in [0.3, 0.4) is 0 Å². The molecule has 0 aliphatic rings. The van der Waals surface area contributed by atoms with Crippen molar-refractivity contribution in [2.75, 3.05) is 6.61 Å². The second kappa shape index (κ2) is 8.84. The largest absolute Gasteiger partial charge is 0.491 e. The summed E-state index contributed by atoms with van der Waals surface area (Å²) in [5, 5.41) is 9.76. The van der Waals surface area contributed by atoms with Crippen LogP contribution in [0.15, 0.2) is 91.3 Å². The molecule has 4 rings (SSSR count). The van der Waals surface area contributed by atoms with E-state index in [1.807, 2.05) is 72.8 Å². The van der Waals surface area contributed by atoms with Crippen molar-refractivity contribution in [3.05, 3.63) is 102 Å². The number of nitrogens with zero attached hydrogens (tertiary/aromatic N) is 2. The van der Waals surface area contributed by atoms with Crippen molar-refractivity contribution in [1.82, 2.24) is 20.5 Å². The zero-order chi connectivity index (χ0) is 19.9. The Morgan fingerprint density at radius 3 is 2.45 bits per heavy atom. The number of carbonyl (C=O) groups is 1. The Balaban J connectivity index is 1.52. The number of hydrogen-bond donors (Lipinski definition) is 2. The van der Waals surface area contributed by atoms with Crippen LogP contribution in [0, 0.1) is 0 Å². The summed E-state index contributed by atoms with van der Waals surface area (Å²) in [6.07, 6.45) is 1.44. The van der Waals surface area contributed by atoms with Gasteiger partial charge in [-0.25, -0.2) is 4.98 Å². The summed E-state index contributed by atoms with van der Waals surface area (Å²) in [6, 6.07) is 26.3. The van der Waals surface area contributed by atoms with Crippen LogP contribution in [-0.4, -0.2) is 27.7 Å². The Kier molecular flexibility index (Phi) is 5.62. The summed E-state index contributed by atoms with van der Waals surface area (Å²) in [5.41, 5.74) is 2.31. The van der Waals surface area contributed by atoms with Gasteiger partial charge in [0.25, 0.3) is 5.91 Å². The molecule has 0 bridgehead atoms. The van der Waals surface area contributed by atoms with Gasteiger partial charge >= 0.3 is 0 Å². The lowest BCUT2D eigenvalue weighted by molar-refractivity contribution is 0.0921. The molecule has 1 heterocycles. The summed E-state index contributed by atoms with van der Waals surface area (Å²) >= 11 is 0. The monoisotopic (exact) mass is 384 g/mol. The number of carbonyl (C=O) groups excluding carboxylic acids is 1. The molecule has 6 nitrogen and oxygen atoms in total. The van der Waals surface area contributed by atoms with E-state index in [-0.39, 0.29) is 11.9 Å². The molecule has 0 saturated heterocycles. The fraction of sp³-hybridized carbons (Fsp3) is 0.0870. The van der Waals surface area contributed by atoms with Gasteiger partial charge in [0.2, 0.25) is 0 Å². The van der Waals surface area contributed by atoms with Gasteiger partial charge in [-0.2, -0.15) is 5.10 Å². The van der Waals surface area contributed by atoms with Crippen molar-refractivity contribution < 1.29 is 9.53 Å². The van der Waals surface area contributed by atoms with Crippen LogP contribution in [0.4, 0.5) is 0 Å². The summed E-state index contributed by atoms with van der Waals surface area (Å²) in [4.78, 5) is 17.1. The van der Waals surface area contributed by atoms with Crippen molar-refractivity contribution in [2.45, 2.75) is 6.04 Å². The Morgan fingerprint density at radius 1 is 0.966 bits per heavy atom. The SMILES string of the molecule is O=C(NC(COc1ccccc1)c1ccccc1)c1cccc(-c2ncn[nH]2)c1. The number of H-pyrrole nitrogens is 1. The smallest absolute Gasteiger partial charge is 0.251 e. The maximum Gasteiger partial charge on any atom is 0.251 e. The van der Waals surface area contributed by atoms with Crippen molar-refractivity contribution in [1.29, 1.82) is 0 Å². The molecule has 1 aromatic heterocycles. The lowest BCUT2D eigenvalue weighted by Crippen LogP contribution is -2.32. The van der Waals surface area contributed by atoms with Gasteiger partial charge in [-0.1, -0.05) is 60.7 Å². The van der Waals surface area contributed by atoms with E-state index in [0.717, 1.165) is 16.9 Å². The maximum absolute atomic E-state index is 12.9. The Morgan fingerprint density at radius 2 is 1.72 bits per heavy atom. The molecule has 2 N–H and O–H groups in total. The summed E-state index contributed by atoms with van der Waals surface area (Å²) in [5.74, 6) is 1.19. The van der Waals surface area contributed by atoms with E-state index in [1.165, 1.54) is 6.33 Å². The maximum atomic E-state index is 12.9. The third-order valence-corrected chi connectivity index (χ3v) is 4.48. The van der Waals surface area contributed by atoms with Crippen LogP contribution < -0.4 is 10.1 Å². The van der Waals surface area contributed by atoms with Gasteiger partial charge in [0.05, 0.1) is 6.04 Å². The van der Waals surface area contributed by atoms with E-state index in [4.69, 9.17) is 4.74 Å². The molecule has 3 aromatic carbocycles. The number of nitrogens with one attached hydrogen (secondary N) is 2. The van der Waals surface area contributed by atoms with Crippen LogP contribution in [0.5, 0.6) is 5.75 Å². The van der Waals surface area contributed by atoms with Gasteiger partial charge in [-0.3, -0.25) is 9.89 Å². The van der Waals surface area contributed by atoms with Gasteiger partial charge in [-0.15, -0.1) is 0 Å². The molecule has 6 heteroatoms. The van der Waals surface area contributed by atoms with E-state index in [9.17, 15) is 4.79 Å². The fourth-order valence-electron chi connectivity index (χ4n) is 3.00. The molecule has 0 spiro atoms. The highest BCUT2D eigenvalue weighted by atomic mass is 16.5. The Bertz CT molecular complexity index is 1050. The standard InChI is InChI=1S/C23H20N4O2/c28-23(19-11-7-10-18(14-19)22-24-16-25-27-22)26-21(17-8-3-1-4-9-17)15-29-20-12-5-2-6-13-20/h1-14,16,21H,15H2,(H,26,28)(H,24,25,27). The van der Waals surface area contributed by atoms with Gasteiger partial charge in [-0.05, 0) is 29.8 Å². The normalized spacial score (nSPS) is 11.6. The second-order valence-electron chi connectivity index (χ2n) is 6.48. The molecular weight excluding hydrogens is 364 g/mol. The molecular formula is C23H20N4O2. The number of para-hydroxylation sites is 1. The minimum atomic E-state index is -0.294. The van der Waals surface area contributed by atoms with Gasteiger partial charge < -0.3 is 10.1 Å². The van der Waals surface area contributed by atoms with Crippen LogP contribution in [-0.2, 0) is 0 Å². The minimum Gasteiger partial charge on any atom is -0.491 e. The van der Waals surface area contributed by atoms with Crippen molar-refractivity contribution in [2.24, 2.45) is 0 Å². The van der Waals surface area contributed by atoms with Crippen molar-refractivity contribution >= 4 is 5.91 Å². The third kappa shape index (κ3) is 4.68. The van der Waals surface area contributed by atoms with E-state index >= 15 is 0 Å². The first-order valence-corrected chi connectivity index (χ1v) is 9.29. The van der Waals surface area contributed by atoms with Gasteiger partial charge in [0, 0.05) is 11.1 Å². The molecule has 1 unspecified atom stereocenters. The number of aromatic amines is 1. The molecule has 4 aromatic rings. The first kappa shape index (κ1) is 18.4. The molecule has 0 saturated carbocycles. The molecule has 1 atom stereocenters. The number of amides is 1. The molecule has 0 radical (unpaired) electrons. The predicted molar refractivity (Wildman–Crippen MR) is 110 cm³/mol. The van der Waals surface area contributed by atoms with Gasteiger partial charge in [0.15, 0.2) is 5.82 Å². The Labute approximate surface area is 168 Å². The van der Waals surface area contributed by atoms with Crippen LogP contribution >= 0.6 is 0 Å². The molecule has 144 valence electrons. The molecule has 0 aliphatic carbocycles. The van der Waals surface area contributed by atoms with E-state index < -0.39 is 0 Å². The first-order valence-electron chi connectivity index (χ1n) is 9.29. The number of ether oxygens (including phenoxy) is 1. The van der Waals surface area contributed by atoms with E-state index in [2.05, 4.69) is 20.5 Å². The predicted octanol–water partition coefficient (Wildman–Crippen LogP) is 4.02. The molecule has 0 aliphatic heterocycles. The van der Waals surface area contributed by atoms with Gasteiger partial charge in [0.1, 0.15) is 18.7 Å². The van der Waals surface area contributed by atoms with Crippen LogP contribution in [0.2, 0.25) is 0 Å². The lowest BCUT2D eigenvalue weighted by atomic mass is 10.1. The third-order valence-electron chi connectivity index (χ3n) is 4.48. The van der Waals surface area contributed by atoms with E-state index in [0.29, 0.717) is 18.0 Å². The number of rotatable bonds is 7. The van der Waals surface area contributed by atoms with Crippen molar-refractivity contribution in [3.63, 3.8) is 0 Å².